The Labute approximate surface area is 86.3 Å². The Bertz CT molecular complexity index is 194. The van der Waals surface area contributed by atoms with Gasteiger partial charge in [-0.2, -0.15) is 0 Å². The third kappa shape index (κ3) is 2.82. The van der Waals surface area contributed by atoms with Crippen LogP contribution in [0.5, 0.6) is 0 Å². The zero-order valence-electron chi connectivity index (χ0n) is 8.95. The molecule has 1 fully saturated rings. The highest BCUT2D eigenvalue weighted by atomic mass is 16.7. The van der Waals surface area contributed by atoms with Crippen molar-refractivity contribution in [2.75, 3.05) is 0 Å². The lowest BCUT2D eigenvalue weighted by molar-refractivity contribution is -0.174. The van der Waals surface area contributed by atoms with E-state index in [1.54, 1.807) is 0 Å². The van der Waals surface area contributed by atoms with Gasteiger partial charge in [-0.3, -0.25) is 0 Å². The summed E-state index contributed by atoms with van der Waals surface area (Å²) >= 11 is 0. The molecular weight excluding hydrogens is 176 g/mol. The summed E-state index contributed by atoms with van der Waals surface area (Å²) in [6.45, 7) is 2.10. The Morgan fingerprint density at radius 3 is 2.71 bits per heavy atom. The molecule has 2 atom stereocenters. The lowest BCUT2D eigenvalue weighted by atomic mass is 9.98. The molecule has 14 heavy (non-hydrogen) atoms. The summed E-state index contributed by atoms with van der Waals surface area (Å²) in [4.78, 5) is 0. The molecule has 2 nitrogen and oxygen atoms in total. The molecule has 0 N–H and O–H groups in total. The third-order valence-corrected chi connectivity index (χ3v) is 3.01. The first-order valence-electron chi connectivity index (χ1n) is 5.82. The molecule has 0 amide bonds. The smallest absolute Gasteiger partial charge is 0.177 e. The second kappa shape index (κ2) is 4.94. The Morgan fingerprint density at radius 2 is 2.00 bits per heavy atom. The molecule has 2 aliphatic rings. The molecule has 0 bridgehead atoms. The molecule has 1 aliphatic carbocycles. The van der Waals surface area contributed by atoms with Crippen molar-refractivity contribution in [3.05, 3.63) is 12.2 Å². The topological polar surface area (TPSA) is 18.5 Å². The normalized spacial score (nSPS) is 34.6. The monoisotopic (exact) mass is 196 g/mol. The van der Waals surface area contributed by atoms with E-state index in [0.29, 0.717) is 12.2 Å². The molecule has 0 unspecified atom stereocenters. The van der Waals surface area contributed by atoms with Crippen LogP contribution in [0.4, 0.5) is 0 Å². The van der Waals surface area contributed by atoms with Gasteiger partial charge >= 0.3 is 0 Å². The highest BCUT2D eigenvalue weighted by molar-refractivity contribution is 4.92. The molecule has 2 heteroatoms. The second-order valence-corrected chi connectivity index (χ2v) is 4.38. The summed E-state index contributed by atoms with van der Waals surface area (Å²) in [5, 5.41) is 0. The molecule has 80 valence electrons. The van der Waals surface area contributed by atoms with Gasteiger partial charge in [-0.1, -0.05) is 25.3 Å². The summed E-state index contributed by atoms with van der Waals surface area (Å²) in [7, 11) is 0. The predicted molar refractivity (Wildman–Crippen MR) is 56.1 cm³/mol. The maximum Gasteiger partial charge on any atom is 0.177 e. The van der Waals surface area contributed by atoms with Crippen molar-refractivity contribution in [3.63, 3.8) is 0 Å². The number of ether oxygens (including phenoxy) is 2. The van der Waals surface area contributed by atoms with Crippen molar-refractivity contribution < 1.29 is 9.47 Å². The van der Waals surface area contributed by atoms with E-state index in [-0.39, 0.29) is 6.29 Å². The molecule has 0 aromatic heterocycles. The van der Waals surface area contributed by atoms with Crippen molar-refractivity contribution in [1.29, 1.82) is 0 Å². The predicted octanol–water partition coefficient (Wildman–Crippen LogP) is 3.03. The van der Waals surface area contributed by atoms with Crippen LogP contribution in [-0.4, -0.2) is 18.5 Å². The van der Waals surface area contributed by atoms with E-state index in [0.717, 1.165) is 6.42 Å². The summed E-state index contributed by atoms with van der Waals surface area (Å²) in [6, 6.07) is 0. The highest BCUT2D eigenvalue weighted by Gasteiger charge is 2.21. The molecule has 0 aromatic rings. The Morgan fingerprint density at radius 1 is 1.21 bits per heavy atom. The van der Waals surface area contributed by atoms with Crippen LogP contribution in [0.2, 0.25) is 0 Å². The van der Waals surface area contributed by atoms with Gasteiger partial charge in [0.15, 0.2) is 6.29 Å². The van der Waals surface area contributed by atoms with Crippen LogP contribution in [0.3, 0.4) is 0 Å². The zero-order valence-corrected chi connectivity index (χ0v) is 8.95. The van der Waals surface area contributed by atoms with Gasteiger partial charge < -0.3 is 9.47 Å². The fraction of sp³-hybridized carbons (Fsp3) is 0.833. The average Bonchev–Trinajstić information content (AvgIpc) is 2.19. The van der Waals surface area contributed by atoms with Crippen LogP contribution >= 0.6 is 0 Å². The van der Waals surface area contributed by atoms with Gasteiger partial charge in [0.25, 0.3) is 0 Å². The first-order chi connectivity index (χ1) is 6.84. The fourth-order valence-corrected chi connectivity index (χ4v) is 2.18. The van der Waals surface area contributed by atoms with E-state index in [9.17, 15) is 0 Å². The molecule has 0 radical (unpaired) electrons. The minimum Gasteiger partial charge on any atom is -0.346 e. The van der Waals surface area contributed by atoms with Crippen molar-refractivity contribution >= 4 is 0 Å². The first kappa shape index (κ1) is 10.2. The van der Waals surface area contributed by atoms with E-state index in [2.05, 4.69) is 19.1 Å². The zero-order chi connectivity index (χ0) is 9.80. The van der Waals surface area contributed by atoms with Gasteiger partial charge in [0.2, 0.25) is 0 Å². The molecule has 1 heterocycles. The lowest BCUT2D eigenvalue weighted by Crippen LogP contribution is -2.29. The standard InChI is InChI=1S/C12H20O2/c1-10-6-5-9-12(13-10)14-11-7-3-2-4-8-11/h5,9-12H,2-4,6-8H2,1H3/t10-,12-/m1/s1. The van der Waals surface area contributed by atoms with Gasteiger partial charge in [0.1, 0.15) is 0 Å². The fourth-order valence-electron chi connectivity index (χ4n) is 2.18. The number of rotatable bonds is 2. The Balaban J connectivity index is 1.78. The minimum atomic E-state index is -0.0816. The van der Waals surface area contributed by atoms with E-state index >= 15 is 0 Å². The molecule has 1 saturated carbocycles. The van der Waals surface area contributed by atoms with Crippen molar-refractivity contribution in [2.45, 2.75) is 63.9 Å². The first-order valence-corrected chi connectivity index (χ1v) is 5.82. The summed E-state index contributed by atoms with van der Waals surface area (Å²) in [5.74, 6) is 0. The maximum atomic E-state index is 5.89. The third-order valence-electron chi connectivity index (χ3n) is 3.01. The van der Waals surface area contributed by atoms with Crippen molar-refractivity contribution in [1.82, 2.24) is 0 Å². The van der Waals surface area contributed by atoms with Crippen molar-refractivity contribution in [2.24, 2.45) is 0 Å². The van der Waals surface area contributed by atoms with E-state index < -0.39 is 0 Å². The highest BCUT2D eigenvalue weighted by Crippen LogP contribution is 2.23. The van der Waals surface area contributed by atoms with Gasteiger partial charge in [0.05, 0.1) is 12.2 Å². The molecular formula is C12H20O2. The van der Waals surface area contributed by atoms with Gasteiger partial charge in [-0.15, -0.1) is 0 Å². The Kier molecular flexibility index (Phi) is 3.60. The van der Waals surface area contributed by atoms with Crippen LogP contribution in [0.25, 0.3) is 0 Å². The molecule has 2 rings (SSSR count). The van der Waals surface area contributed by atoms with Crippen molar-refractivity contribution in [3.8, 4) is 0 Å². The summed E-state index contributed by atoms with van der Waals surface area (Å²) in [5.41, 5.74) is 0. The van der Waals surface area contributed by atoms with Crippen LogP contribution in [-0.2, 0) is 9.47 Å². The number of hydrogen-bond acceptors (Lipinski definition) is 2. The minimum absolute atomic E-state index is 0.0816. The largest absolute Gasteiger partial charge is 0.346 e. The summed E-state index contributed by atoms with van der Waals surface area (Å²) in [6.07, 6.45) is 12.3. The molecule has 1 aliphatic heterocycles. The molecule has 0 saturated heterocycles. The molecule has 0 spiro atoms. The van der Waals surface area contributed by atoms with E-state index in [4.69, 9.17) is 9.47 Å². The molecule has 0 aromatic carbocycles. The lowest BCUT2D eigenvalue weighted by Gasteiger charge is -2.29. The van der Waals surface area contributed by atoms with Crippen LogP contribution < -0.4 is 0 Å². The SMILES string of the molecule is C[C@@H]1CC=C[C@@H](OC2CCCCC2)O1. The average molecular weight is 196 g/mol. The maximum absolute atomic E-state index is 5.89. The Hall–Kier alpha value is -0.340. The van der Waals surface area contributed by atoms with Crippen LogP contribution in [0.15, 0.2) is 12.2 Å². The summed E-state index contributed by atoms with van der Waals surface area (Å²) < 4.78 is 11.6. The van der Waals surface area contributed by atoms with Gasteiger partial charge in [0, 0.05) is 0 Å². The second-order valence-electron chi connectivity index (χ2n) is 4.38. The van der Waals surface area contributed by atoms with Crippen LogP contribution in [0, 0.1) is 0 Å². The van der Waals surface area contributed by atoms with E-state index in [1.807, 2.05) is 0 Å². The quantitative estimate of drug-likeness (QED) is 0.632. The number of hydrogen-bond donors (Lipinski definition) is 0. The van der Waals surface area contributed by atoms with Gasteiger partial charge in [-0.05, 0) is 32.3 Å². The van der Waals surface area contributed by atoms with E-state index in [1.165, 1.54) is 32.1 Å². The van der Waals surface area contributed by atoms with Crippen LogP contribution in [0.1, 0.15) is 45.4 Å². The van der Waals surface area contributed by atoms with Gasteiger partial charge in [-0.25, -0.2) is 0 Å².